The van der Waals surface area contributed by atoms with Gasteiger partial charge in [0.1, 0.15) is 0 Å². The zero-order chi connectivity index (χ0) is 20.9. The van der Waals surface area contributed by atoms with Crippen molar-refractivity contribution in [3.8, 4) is 0 Å². The summed E-state index contributed by atoms with van der Waals surface area (Å²) >= 11 is 1.78. The van der Waals surface area contributed by atoms with Gasteiger partial charge in [0.05, 0.1) is 18.6 Å². The van der Waals surface area contributed by atoms with Crippen LogP contribution in [0.4, 0.5) is 13.2 Å². The number of fused-ring (bicyclic) bond motifs is 1. The van der Waals surface area contributed by atoms with Crippen LogP contribution in [-0.4, -0.2) is 51.5 Å². The third-order valence-electron chi connectivity index (χ3n) is 4.79. The second-order valence-electron chi connectivity index (χ2n) is 7.49. The first-order valence-electron chi connectivity index (χ1n) is 9.41. The molecular formula is C19H24F3N3O3S. The van der Waals surface area contributed by atoms with E-state index in [0.717, 1.165) is 45.3 Å². The largest absolute Gasteiger partial charge is 0.490 e. The number of carboxylic acids is 1. The molecule has 0 amide bonds. The minimum absolute atomic E-state index is 0.549. The summed E-state index contributed by atoms with van der Waals surface area (Å²) in [6, 6.07) is 2.23. The molecule has 1 N–H and O–H groups in total. The lowest BCUT2D eigenvalue weighted by atomic mass is 10.1. The Morgan fingerprint density at radius 3 is 2.62 bits per heavy atom. The molecule has 0 radical (unpaired) electrons. The van der Waals surface area contributed by atoms with Gasteiger partial charge in [0.25, 0.3) is 0 Å². The molecule has 1 unspecified atom stereocenters. The van der Waals surface area contributed by atoms with Gasteiger partial charge in [-0.05, 0) is 41.1 Å². The van der Waals surface area contributed by atoms with Gasteiger partial charge in [-0.15, -0.1) is 0 Å². The maximum absolute atomic E-state index is 10.6. The molecule has 1 aliphatic carbocycles. The lowest BCUT2D eigenvalue weighted by molar-refractivity contribution is -0.192. The number of carboxylic acid groups (broad SMARTS) is 1. The van der Waals surface area contributed by atoms with Crippen LogP contribution in [0.3, 0.4) is 0 Å². The molecule has 6 nitrogen and oxygen atoms in total. The minimum atomic E-state index is -5.08. The van der Waals surface area contributed by atoms with Gasteiger partial charge < -0.3 is 14.4 Å². The van der Waals surface area contributed by atoms with Crippen LogP contribution in [0.1, 0.15) is 24.1 Å². The van der Waals surface area contributed by atoms with Gasteiger partial charge in [0.15, 0.2) is 0 Å². The second kappa shape index (κ2) is 9.73. The number of hydrogen-bond acceptors (Lipinski definition) is 5. The fourth-order valence-corrected chi connectivity index (χ4v) is 3.85. The van der Waals surface area contributed by atoms with Crippen LogP contribution in [0.15, 0.2) is 29.4 Å². The number of halogens is 3. The molecule has 1 fully saturated rings. The van der Waals surface area contributed by atoms with Gasteiger partial charge in [-0.3, -0.25) is 4.90 Å². The summed E-state index contributed by atoms with van der Waals surface area (Å²) in [4.78, 5) is 15.8. The summed E-state index contributed by atoms with van der Waals surface area (Å²) in [5.74, 6) is -1.36. The van der Waals surface area contributed by atoms with E-state index in [1.165, 1.54) is 24.1 Å². The van der Waals surface area contributed by atoms with E-state index in [9.17, 15) is 13.2 Å². The lowest BCUT2D eigenvalue weighted by Crippen LogP contribution is -2.30. The summed E-state index contributed by atoms with van der Waals surface area (Å²) in [5.41, 5.74) is 2.73. The molecule has 2 aromatic rings. The average Bonchev–Trinajstić information content (AvgIpc) is 3.19. The summed E-state index contributed by atoms with van der Waals surface area (Å²) in [6.07, 6.45) is 1.62. The van der Waals surface area contributed by atoms with Crippen molar-refractivity contribution in [2.75, 3.05) is 19.8 Å². The third kappa shape index (κ3) is 7.13. The first-order valence-corrected chi connectivity index (χ1v) is 10.4. The molecule has 10 heteroatoms. The number of carbonyl (C=O) groups is 1. The first kappa shape index (κ1) is 21.8. The monoisotopic (exact) mass is 431 g/mol. The summed E-state index contributed by atoms with van der Waals surface area (Å²) in [5, 5.41) is 11.5. The fraction of sp³-hybridized carbons (Fsp3) is 0.579. The van der Waals surface area contributed by atoms with Crippen molar-refractivity contribution in [2.24, 2.45) is 11.8 Å². The van der Waals surface area contributed by atoms with Crippen LogP contribution in [0.5, 0.6) is 0 Å². The standard InChI is InChI=1S/C17H23N3OS.C2HF3O2/c1-2-14(1)10-21-11-16-7-19(6-15-3-4-22-12-15)9-17-5-18-13-20(17)8-16;3-2(4,5)1(6)7/h3-5,12-14,16H,1-2,6-11H2;(H,6,7). The highest BCUT2D eigenvalue weighted by molar-refractivity contribution is 7.07. The van der Waals surface area contributed by atoms with Crippen LogP contribution in [-0.2, 0) is 29.2 Å². The van der Waals surface area contributed by atoms with Crippen LogP contribution >= 0.6 is 11.3 Å². The van der Waals surface area contributed by atoms with Crippen molar-refractivity contribution in [3.05, 3.63) is 40.6 Å². The molecule has 3 heterocycles. The van der Waals surface area contributed by atoms with Gasteiger partial charge in [0, 0.05) is 44.9 Å². The molecule has 0 spiro atoms. The molecule has 1 aliphatic heterocycles. The van der Waals surface area contributed by atoms with E-state index in [2.05, 4.69) is 31.3 Å². The molecule has 0 aromatic carbocycles. The zero-order valence-electron chi connectivity index (χ0n) is 15.8. The molecule has 1 atom stereocenters. The normalized spacial score (nSPS) is 19.8. The van der Waals surface area contributed by atoms with E-state index in [1.54, 1.807) is 11.3 Å². The Hall–Kier alpha value is -1.91. The topological polar surface area (TPSA) is 67.6 Å². The molecule has 4 rings (SSSR count). The summed E-state index contributed by atoms with van der Waals surface area (Å²) < 4.78 is 40.0. The van der Waals surface area contributed by atoms with E-state index in [-0.39, 0.29) is 0 Å². The third-order valence-corrected chi connectivity index (χ3v) is 5.52. The Balaban J connectivity index is 0.000000298. The zero-order valence-corrected chi connectivity index (χ0v) is 16.7. The second-order valence-corrected chi connectivity index (χ2v) is 8.27. The highest BCUT2D eigenvalue weighted by Crippen LogP contribution is 2.29. The maximum Gasteiger partial charge on any atom is 0.490 e. The Labute approximate surface area is 170 Å². The Morgan fingerprint density at radius 2 is 2.00 bits per heavy atom. The number of aromatic nitrogens is 2. The van der Waals surface area contributed by atoms with Gasteiger partial charge in [-0.2, -0.15) is 24.5 Å². The SMILES string of the molecule is O=C(O)C(F)(F)F.c1cc(CN2Cc3cncn3CC(COCC3CC3)C2)cs1. The van der Waals surface area contributed by atoms with Gasteiger partial charge in [-0.25, -0.2) is 9.78 Å². The van der Waals surface area contributed by atoms with Crippen molar-refractivity contribution in [2.45, 2.75) is 38.7 Å². The molecule has 29 heavy (non-hydrogen) atoms. The van der Waals surface area contributed by atoms with Crippen molar-refractivity contribution < 1.29 is 27.8 Å². The average molecular weight is 431 g/mol. The van der Waals surface area contributed by atoms with Gasteiger partial charge in [-0.1, -0.05) is 0 Å². The number of ether oxygens (including phenoxy) is 1. The molecule has 2 aliphatic rings. The fourth-order valence-electron chi connectivity index (χ4n) is 3.19. The van der Waals surface area contributed by atoms with E-state index in [0.29, 0.717) is 5.92 Å². The van der Waals surface area contributed by atoms with E-state index < -0.39 is 12.1 Å². The van der Waals surface area contributed by atoms with Crippen molar-refractivity contribution >= 4 is 17.3 Å². The molecule has 0 bridgehead atoms. The molecular weight excluding hydrogens is 407 g/mol. The Kier molecular flexibility index (Phi) is 7.31. The van der Waals surface area contributed by atoms with Gasteiger partial charge in [0.2, 0.25) is 0 Å². The Morgan fingerprint density at radius 1 is 1.28 bits per heavy atom. The number of alkyl halides is 3. The summed E-state index contributed by atoms with van der Waals surface area (Å²) in [7, 11) is 0. The lowest BCUT2D eigenvalue weighted by Gasteiger charge is -2.23. The van der Waals surface area contributed by atoms with Crippen LogP contribution in [0.2, 0.25) is 0 Å². The quantitative estimate of drug-likeness (QED) is 0.757. The number of aliphatic carboxylic acids is 1. The Bertz CT molecular complexity index is 775. The number of hydrogen-bond donors (Lipinski definition) is 1. The number of rotatable bonds is 6. The first-order chi connectivity index (χ1) is 13.8. The number of imidazole rings is 1. The van der Waals surface area contributed by atoms with E-state index >= 15 is 0 Å². The van der Waals surface area contributed by atoms with Crippen LogP contribution in [0.25, 0.3) is 0 Å². The van der Waals surface area contributed by atoms with E-state index in [1.807, 2.05) is 12.5 Å². The minimum Gasteiger partial charge on any atom is -0.475 e. The van der Waals surface area contributed by atoms with Crippen LogP contribution in [0, 0.1) is 11.8 Å². The number of nitrogens with zero attached hydrogens (tertiary/aromatic N) is 3. The molecule has 160 valence electrons. The predicted molar refractivity (Wildman–Crippen MR) is 101 cm³/mol. The smallest absolute Gasteiger partial charge is 0.475 e. The highest BCUT2D eigenvalue weighted by Gasteiger charge is 2.38. The van der Waals surface area contributed by atoms with Crippen molar-refractivity contribution in [3.63, 3.8) is 0 Å². The van der Waals surface area contributed by atoms with Gasteiger partial charge >= 0.3 is 12.1 Å². The van der Waals surface area contributed by atoms with Crippen molar-refractivity contribution in [1.82, 2.24) is 14.5 Å². The highest BCUT2D eigenvalue weighted by atomic mass is 32.1. The molecule has 1 saturated carbocycles. The van der Waals surface area contributed by atoms with Crippen LogP contribution < -0.4 is 0 Å². The maximum atomic E-state index is 10.6. The number of thiophene rings is 1. The molecule has 0 saturated heterocycles. The summed E-state index contributed by atoms with van der Waals surface area (Å²) in [6.45, 7) is 5.96. The van der Waals surface area contributed by atoms with E-state index in [4.69, 9.17) is 14.6 Å². The molecule has 2 aromatic heterocycles. The predicted octanol–water partition coefficient (Wildman–Crippen LogP) is 3.64. The van der Waals surface area contributed by atoms with Crippen molar-refractivity contribution in [1.29, 1.82) is 0 Å².